The molecule has 2 amide bonds. The molecule has 1 aromatic carbocycles. The number of halogens is 3. The number of benzene rings is 1. The quantitative estimate of drug-likeness (QED) is 0.111. The first kappa shape index (κ1) is 35.0. The van der Waals surface area contributed by atoms with E-state index in [1.54, 1.807) is 20.2 Å². The molecule has 2 N–H and O–H groups in total. The summed E-state index contributed by atoms with van der Waals surface area (Å²) in [5.41, 5.74) is 8.12. The van der Waals surface area contributed by atoms with E-state index < -0.39 is 18.8 Å². The lowest BCUT2D eigenvalue weighted by molar-refractivity contribution is -0.123. The molecular weight excluding hydrogens is 577 g/mol. The Morgan fingerprint density at radius 3 is 2.73 bits per heavy atom. The van der Waals surface area contributed by atoms with E-state index in [2.05, 4.69) is 61.7 Å². The van der Waals surface area contributed by atoms with Gasteiger partial charge in [-0.25, -0.2) is 14.8 Å². The highest BCUT2D eigenvalue weighted by Gasteiger charge is 2.35. The maximum absolute atomic E-state index is 12.8. The first-order chi connectivity index (χ1) is 21.4. The van der Waals surface area contributed by atoms with E-state index in [0.717, 1.165) is 55.1 Å². The number of urea groups is 1. The SMILES string of the molecule is CCCC1CCCC(ONCCC(C)C2=CC3=CCC(C)C=C(c4cccc([N+](C)(C)C(=O)NCC(F)(F)F)c4)N3C=C2)CC1. The second kappa shape index (κ2) is 15.6. The van der Waals surface area contributed by atoms with E-state index in [4.69, 9.17) is 4.84 Å². The van der Waals surface area contributed by atoms with Gasteiger partial charge in [-0.05, 0) is 73.6 Å². The van der Waals surface area contributed by atoms with Gasteiger partial charge in [0.25, 0.3) is 0 Å². The first-order valence-corrected chi connectivity index (χ1v) is 16.7. The lowest BCUT2D eigenvalue weighted by Gasteiger charge is -2.30. The topological polar surface area (TPSA) is 53.6 Å². The van der Waals surface area contributed by atoms with E-state index >= 15 is 0 Å². The summed E-state index contributed by atoms with van der Waals surface area (Å²) in [6.45, 7) is 6.13. The fourth-order valence-electron chi connectivity index (χ4n) is 6.46. The molecule has 0 aromatic heterocycles. The summed E-state index contributed by atoms with van der Waals surface area (Å²) in [5, 5.41) is 2.02. The van der Waals surface area contributed by atoms with Crippen LogP contribution in [0, 0.1) is 17.8 Å². The van der Waals surface area contributed by atoms with E-state index in [1.165, 1.54) is 37.7 Å². The molecule has 1 fully saturated rings. The van der Waals surface area contributed by atoms with Crippen molar-refractivity contribution >= 4 is 17.4 Å². The number of hydrogen-bond donors (Lipinski definition) is 2. The monoisotopic (exact) mass is 629 g/mol. The molecule has 1 aromatic rings. The van der Waals surface area contributed by atoms with Crippen LogP contribution in [0.3, 0.4) is 0 Å². The molecule has 4 atom stereocenters. The summed E-state index contributed by atoms with van der Waals surface area (Å²) < 4.78 is 37.9. The van der Waals surface area contributed by atoms with Crippen molar-refractivity contribution in [3.63, 3.8) is 0 Å². The van der Waals surface area contributed by atoms with Crippen LogP contribution in [0.2, 0.25) is 0 Å². The summed E-state index contributed by atoms with van der Waals surface area (Å²) in [6.07, 6.45) is 17.4. The fraction of sp³-hybridized carbons (Fsp3) is 0.583. The van der Waals surface area contributed by atoms with E-state index in [-0.39, 0.29) is 10.4 Å². The Balaban J connectivity index is 1.38. The van der Waals surface area contributed by atoms with Gasteiger partial charge in [-0.2, -0.15) is 13.2 Å². The van der Waals surface area contributed by atoms with E-state index in [1.807, 2.05) is 23.5 Å². The molecule has 248 valence electrons. The maximum Gasteiger partial charge on any atom is 0.421 e. The molecule has 2 heterocycles. The number of nitrogens with one attached hydrogen (secondary N) is 2. The summed E-state index contributed by atoms with van der Waals surface area (Å²) in [5.74, 6) is 1.48. The Bertz CT molecular complexity index is 1280. The molecule has 3 aliphatic rings. The Morgan fingerprint density at radius 1 is 1.18 bits per heavy atom. The van der Waals surface area contributed by atoms with Crippen LogP contribution in [-0.2, 0) is 4.84 Å². The minimum atomic E-state index is -4.47. The summed E-state index contributed by atoms with van der Waals surface area (Å²) in [4.78, 5) is 21.0. The molecule has 1 aliphatic carbocycles. The average molecular weight is 630 g/mol. The third kappa shape index (κ3) is 9.80. The van der Waals surface area contributed by atoms with Crippen LogP contribution in [0.4, 0.5) is 23.7 Å². The smallest absolute Gasteiger partial charge is 0.317 e. The van der Waals surface area contributed by atoms with Gasteiger partial charge < -0.3 is 4.90 Å². The van der Waals surface area contributed by atoms with Crippen molar-refractivity contribution in [1.29, 1.82) is 0 Å². The van der Waals surface area contributed by atoms with E-state index in [9.17, 15) is 18.0 Å². The average Bonchev–Trinajstić information content (AvgIpc) is 3.33. The second-order valence-corrected chi connectivity index (χ2v) is 13.5. The molecule has 4 rings (SSSR count). The number of quaternary nitrogens is 1. The van der Waals surface area contributed by atoms with Gasteiger partial charge in [0.15, 0.2) is 0 Å². The standard InChI is InChI=1S/C36H51F3N4O2/c1-6-9-28-10-7-13-33(17-15-28)45-41-20-18-27(3)29-19-21-42-31(23-29)16-14-26(2)22-34(42)30-11-8-12-32(24-30)43(4,5)35(44)40-25-36(37,38)39/h8,11-12,16,19,21-24,26-28,33,41H,6-7,9-10,13-15,17-18,20,25H2,1-5H3/p+1. The fourth-order valence-corrected chi connectivity index (χ4v) is 6.46. The van der Waals surface area contributed by atoms with E-state index in [0.29, 0.717) is 17.7 Å². The van der Waals surface area contributed by atoms with Gasteiger partial charge >= 0.3 is 12.2 Å². The van der Waals surface area contributed by atoms with Crippen molar-refractivity contribution in [1.82, 2.24) is 20.2 Å². The summed E-state index contributed by atoms with van der Waals surface area (Å²) >= 11 is 0. The van der Waals surface area contributed by atoms with Crippen molar-refractivity contribution in [2.75, 3.05) is 27.2 Å². The number of alkyl halides is 3. The number of nitrogens with zero attached hydrogens (tertiary/aromatic N) is 2. The van der Waals surface area contributed by atoms with Crippen LogP contribution in [0.5, 0.6) is 0 Å². The van der Waals surface area contributed by atoms with Crippen molar-refractivity contribution in [2.45, 2.75) is 90.8 Å². The molecular formula is C36H52F3N4O2+. The minimum Gasteiger partial charge on any atom is -0.317 e. The number of fused-ring (bicyclic) bond motifs is 1. The summed E-state index contributed by atoms with van der Waals surface area (Å²) in [6, 6.07) is 6.79. The third-order valence-electron chi connectivity index (χ3n) is 9.38. The first-order valence-electron chi connectivity index (χ1n) is 16.7. The number of hydroxylamine groups is 1. The van der Waals surface area contributed by atoms with Gasteiger partial charge in [0, 0.05) is 35.8 Å². The minimum absolute atomic E-state index is 0.282. The largest absolute Gasteiger partial charge is 0.421 e. The molecule has 0 saturated heterocycles. The lowest BCUT2D eigenvalue weighted by atomic mass is 9.94. The number of carbonyl (C=O) groups excluding carboxylic acids is 1. The van der Waals surface area contributed by atoms with Crippen LogP contribution < -0.4 is 15.3 Å². The summed E-state index contributed by atoms with van der Waals surface area (Å²) in [7, 11) is 3.19. The van der Waals surface area contributed by atoms with Gasteiger partial charge in [-0.15, -0.1) is 0 Å². The molecule has 45 heavy (non-hydrogen) atoms. The van der Waals surface area contributed by atoms with Crippen LogP contribution in [0.25, 0.3) is 5.70 Å². The molecule has 9 heteroatoms. The van der Waals surface area contributed by atoms with Crippen molar-refractivity contribution in [3.05, 3.63) is 71.6 Å². The van der Waals surface area contributed by atoms with Crippen LogP contribution in [0.1, 0.15) is 84.1 Å². The van der Waals surface area contributed by atoms with Gasteiger partial charge in [-0.1, -0.05) is 70.7 Å². The number of carbonyl (C=O) groups is 1. The molecule has 4 unspecified atom stereocenters. The zero-order chi connectivity index (χ0) is 32.6. The van der Waals surface area contributed by atoms with Crippen molar-refractivity contribution < 1.29 is 22.8 Å². The molecule has 1 saturated carbocycles. The zero-order valence-corrected chi connectivity index (χ0v) is 27.6. The third-order valence-corrected chi connectivity index (χ3v) is 9.38. The molecule has 0 radical (unpaired) electrons. The van der Waals surface area contributed by atoms with Crippen LogP contribution in [-0.4, -0.2) is 50.4 Å². The number of hydrogen-bond acceptors (Lipinski definition) is 4. The highest BCUT2D eigenvalue weighted by atomic mass is 19.4. The predicted octanol–water partition coefficient (Wildman–Crippen LogP) is 8.84. The number of amides is 2. The Morgan fingerprint density at radius 2 is 1.98 bits per heavy atom. The molecule has 6 nitrogen and oxygen atoms in total. The van der Waals surface area contributed by atoms with Gasteiger partial charge in [0.05, 0.1) is 20.2 Å². The predicted molar refractivity (Wildman–Crippen MR) is 177 cm³/mol. The number of rotatable bonds is 11. The van der Waals surface area contributed by atoms with Gasteiger partial charge in [0.1, 0.15) is 12.2 Å². The van der Waals surface area contributed by atoms with Crippen molar-refractivity contribution in [2.24, 2.45) is 17.8 Å². The van der Waals surface area contributed by atoms with Gasteiger partial charge in [-0.3, -0.25) is 10.2 Å². The molecule has 0 spiro atoms. The molecule has 0 bridgehead atoms. The Hall–Kier alpha value is -2.88. The lowest BCUT2D eigenvalue weighted by Crippen LogP contribution is -2.54. The van der Waals surface area contributed by atoms with Crippen molar-refractivity contribution in [3.8, 4) is 0 Å². The zero-order valence-electron chi connectivity index (χ0n) is 27.6. The van der Waals surface area contributed by atoms with Crippen LogP contribution >= 0.6 is 0 Å². The Labute approximate surface area is 267 Å². The Kier molecular flexibility index (Phi) is 12.1. The maximum atomic E-state index is 12.8. The highest BCUT2D eigenvalue weighted by Crippen LogP contribution is 2.36. The molecule has 2 aliphatic heterocycles. The number of allylic oxidation sites excluding steroid dienone is 5. The second-order valence-electron chi connectivity index (χ2n) is 13.5. The van der Waals surface area contributed by atoms with Gasteiger partial charge in [0.2, 0.25) is 0 Å². The normalized spacial score (nSPS) is 23.2. The highest BCUT2D eigenvalue weighted by molar-refractivity contribution is 5.87. The van der Waals surface area contributed by atoms with Crippen LogP contribution in [0.15, 0.2) is 66.0 Å².